The second-order valence-corrected chi connectivity index (χ2v) is 4.46. The molecule has 0 radical (unpaired) electrons. The minimum Gasteiger partial charge on any atom is -0.341 e. The van der Waals surface area contributed by atoms with Crippen LogP contribution in [-0.4, -0.2) is 30.4 Å². The maximum Gasteiger partial charge on any atom is 0.222 e. The smallest absolute Gasteiger partial charge is 0.222 e. The Morgan fingerprint density at radius 1 is 1.33 bits per heavy atom. The monoisotopic (exact) mass is 214 g/mol. The van der Waals surface area contributed by atoms with Gasteiger partial charge in [-0.2, -0.15) is 0 Å². The molecule has 0 atom stereocenters. The first-order valence-electron chi connectivity index (χ1n) is 6.09. The lowest BCUT2D eigenvalue weighted by Crippen LogP contribution is -2.36. The molecule has 0 rings (SSSR count). The van der Waals surface area contributed by atoms with Crippen LogP contribution < -0.4 is 5.73 Å². The van der Waals surface area contributed by atoms with Gasteiger partial charge in [-0.15, -0.1) is 0 Å². The normalized spacial score (nSPS) is 10.7. The zero-order valence-electron chi connectivity index (χ0n) is 10.5. The summed E-state index contributed by atoms with van der Waals surface area (Å²) in [4.78, 5) is 13.7. The molecule has 0 aliphatic heterocycles. The molecule has 0 aromatic rings. The van der Waals surface area contributed by atoms with Gasteiger partial charge in [0.25, 0.3) is 0 Å². The molecule has 0 spiro atoms. The van der Waals surface area contributed by atoms with Crippen LogP contribution in [-0.2, 0) is 4.79 Å². The molecule has 0 heterocycles. The average Bonchev–Trinajstić information content (AvgIpc) is 2.20. The number of nitrogens with zero attached hydrogens (tertiary/aromatic N) is 1. The summed E-state index contributed by atoms with van der Waals surface area (Å²) in [6.45, 7) is 8.57. The molecule has 0 aromatic heterocycles. The molecular formula is C12H26N2O. The lowest BCUT2D eigenvalue weighted by atomic mass is 10.1. The van der Waals surface area contributed by atoms with Gasteiger partial charge in [0.2, 0.25) is 5.91 Å². The number of rotatable bonds is 8. The largest absolute Gasteiger partial charge is 0.341 e. The molecule has 3 nitrogen and oxygen atoms in total. The van der Waals surface area contributed by atoms with E-state index in [2.05, 4.69) is 20.8 Å². The summed E-state index contributed by atoms with van der Waals surface area (Å²) < 4.78 is 0. The lowest BCUT2D eigenvalue weighted by molar-refractivity contribution is -0.131. The lowest BCUT2D eigenvalue weighted by Gasteiger charge is -2.22. The predicted octanol–water partition coefficient (Wildman–Crippen LogP) is 2.01. The first-order chi connectivity index (χ1) is 7.11. The molecule has 0 saturated heterocycles. The van der Waals surface area contributed by atoms with Crippen LogP contribution in [0.1, 0.15) is 46.5 Å². The van der Waals surface area contributed by atoms with Crippen molar-refractivity contribution in [2.75, 3.05) is 19.6 Å². The summed E-state index contributed by atoms with van der Waals surface area (Å²) in [6, 6.07) is 0. The van der Waals surface area contributed by atoms with Crippen LogP contribution in [0.4, 0.5) is 0 Å². The SMILES string of the molecule is CCCCN(CCN)C(=O)CCC(C)C. The van der Waals surface area contributed by atoms with Crippen molar-refractivity contribution in [2.45, 2.75) is 46.5 Å². The highest BCUT2D eigenvalue weighted by molar-refractivity contribution is 5.76. The third-order valence-electron chi connectivity index (χ3n) is 2.47. The molecule has 3 heteroatoms. The van der Waals surface area contributed by atoms with E-state index in [9.17, 15) is 4.79 Å². The highest BCUT2D eigenvalue weighted by Gasteiger charge is 2.12. The van der Waals surface area contributed by atoms with Gasteiger partial charge in [-0.05, 0) is 18.8 Å². The molecule has 0 aliphatic carbocycles. The van der Waals surface area contributed by atoms with E-state index >= 15 is 0 Å². The molecule has 0 fully saturated rings. The maximum absolute atomic E-state index is 11.8. The van der Waals surface area contributed by atoms with Crippen LogP contribution in [0.5, 0.6) is 0 Å². The summed E-state index contributed by atoms with van der Waals surface area (Å²) >= 11 is 0. The van der Waals surface area contributed by atoms with E-state index in [1.807, 2.05) is 4.90 Å². The average molecular weight is 214 g/mol. The van der Waals surface area contributed by atoms with Crippen LogP contribution >= 0.6 is 0 Å². The van der Waals surface area contributed by atoms with Crippen molar-refractivity contribution in [3.8, 4) is 0 Å². The molecular weight excluding hydrogens is 188 g/mol. The third-order valence-corrected chi connectivity index (χ3v) is 2.47. The molecule has 0 aromatic carbocycles. The van der Waals surface area contributed by atoms with E-state index in [4.69, 9.17) is 5.73 Å². The fraction of sp³-hybridized carbons (Fsp3) is 0.917. The van der Waals surface area contributed by atoms with Gasteiger partial charge in [0.15, 0.2) is 0 Å². The van der Waals surface area contributed by atoms with Crippen LogP contribution in [0.15, 0.2) is 0 Å². The van der Waals surface area contributed by atoms with Crippen LogP contribution in [0.2, 0.25) is 0 Å². The van der Waals surface area contributed by atoms with Crippen molar-refractivity contribution in [1.82, 2.24) is 4.90 Å². The molecule has 0 aliphatic rings. The Labute approximate surface area is 94.0 Å². The number of unbranched alkanes of at least 4 members (excludes halogenated alkanes) is 1. The maximum atomic E-state index is 11.8. The Hall–Kier alpha value is -0.570. The Kier molecular flexibility index (Phi) is 8.38. The zero-order valence-corrected chi connectivity index (χ0v) is 10.5. The van der Waals surface area contributed by atoms with Gasteiger partial charge in [0.05, 0.1) is 0 Å². The first kappa shape index (κ1) is 14.4. The van der Waals surface area contributed by atoms with E-state index < -0.39 is 0 Å². The van der Waals surface area contributed by atoms with E-state index in [0.717, 1.165) is 25.8 Å². The van der Waals surface area contributed by atoms with Crippen LogP contribution in [0.25, 0.3) is 0 Å². The standard InChI is InChI=1S/C12H26N2O/c1-4-5-9-14(10-8-13)12(15)7-6-11(2)3/h11H,4-10,13H2,1-3H3. The number of hydrogen-bond donors (Lipinski definition) is 1. The summed E-state index contributed by atoms with van der Waals surface area (Å²) in [7, 11) is 0. The van der Waals surface area contributed by atoms with E-state index in [1.54, 1.807) is 0 Å². The van der Waals surface area contributed by atoms with Crippen LogP contribution in [0, 0.1) is 5.92 Å². The summed E-state index contributed by atoms with van der Waals surface area (Å²) in [6.07, 6.45) is 3.85. The summed E-state index contributed by atoms with van der Waals surface area (Å²) in [5.74, 6) is 0.863. The topological polar surface area (TPSA) is 46.3 Å². The number of hydrogen-bond acceptors (Lipinski definition) is 2. The van der Waals surface area contributed by atoms with Gasteiger partial charge >= 0.3 is 0 Å². The van der Waals surface area contributed by atoms with Crippen molar-refractivity contribution in [1.29, 1.82) is 0 Å². The quantitative estimate of drug-likeness (QED) is 0.672. The fourth-order valence-electron chi connectivity index (χ4n) is 1.44. The molecule has 90 valence electrons. The van der Waals surface area contributed by atoms with Gasteiger partial charge in [-0.25, -0.2) is 0 Å². The Balaban J connectivity index is 3.92. The molecule has 1 amide bonds. The predicted molar refractivity (Wildman–Crippen MR) is 64.6 cm³/mol. The van der Waals surface area contributed by atoms with E-state index in [-0.39, 0.29) is 5.91 Å². The third kappa shape index (κ3) is 7.37. The number of carbonyl (C=O) groups is 1. The van der Waals surface area contributed by atoms with Gasteiger partial charge in [-0.3, -0.25) is 4.79 Å². The number of carbonyl (C=O) groups excluding carboxylic acids is 1. The highest BCUT2D eigenvalue weighted by Crippen LogP contribution is 2.07. The zero-order chi connectivity index (χ0) is 11.7. The Morgan fingerprint density at radius 3 is 2.47 bits per heavy atom. The van der Waals surface area contributed by atoms with E-state index in [1.165, 1.54) is 0 Å². The summed E-state index contributed by atoms with van der Waals surface area (Å²) in [5.41, 5.74) is 5.50. The molecule has 0 saturated carbocycles. The molecule has 0 unspecified atom stereocenters. The van der Waals surface area contributed by atoms with E-state index in [0.29, 0.717) is 25.4 Å². The number of nitrogens with two attached hydrogens (primary N) is 1. The highest BCUT2D eigenvalue weighted by atomic mass is 16.2. The van der Waals surface area contributed by atoms with Crippen molar-refractivity contribution < 1.29 is 4.79 Å². The van der Waals surface area contributed by atoms with Crippen molar-refractivity contribution in [2.24, 2.45) is 11.7 Å². The fourth-order valence-corrected chi connectivity index (χ4v) is 1.44. The second-order valence-electron chi connectivity index (χ2n) is 4.46. The van der Waals surface area contributed by atoms with Gasteiger partial charge in [0, 0.05) is 26.1 Å². The number of amides is 1. The van der Waals surface area contributed by atoms with Crippen molar-refractivity contribution in [3.05, 3.63) is 0 Å². The Morgan fingerprint density at radius 2 is 2.00 bits per heavy atom. The van der Waals surface area contributed by atoms with Crippen molar-refractivity contribution in [3.63, 3.8) is 0 Å². The van der Waals surface area contributed by atoms with Crippen LogP contribution in [0.3, 0.4) is 0 Å². The summed E-state index contributed by atoms with van der Waals surface area (Å²) in [5, 5.41) is 0. The van der Waals surface area contributed by atoms with Gasteiger partial charge in [-0.1, -0.05) is 27.2 Å². The second kappa shape index (κ2) is 8.72. The first-order valence-corrected chi connectivity index (χ1v) is 6.09. The minimum atomic E-state index is 0.266. The molecule has 15 heavy (non-hydrogen) atoms. The van der Waals surface area contributed by atoms with Gasteiger partial charge < -0.3 is 10.6 Å². The minimum absolute atomic E-state index is 0.266. The molecule has 2 N–H and O–H groups in total. The van der Waals surface area contributed by atoms with Gasteiger partial charge in [0.1, 0.15) is 0 Å². The molecule has 0 bridgehead atoms. The van der Waals surface area contributed by atoms with Crippen molar-refractivity contribution >= 4 is 5.91 Å². The Bertz CT molecular complexity index is 169.